The van der Waals surface area contributed by atoms with Crippen molar-refractivity contribution in [3.05, 3.63) is 53.1 Å². The summed E-state index contributed by atoms with van der Waals surface area (Å²) in [5.41, 5.74) is 3.82. The number of rotatable bonds is 4. The second kappa shape index (κ2) is 6.39. The van der Waals surface area contributed by atoms with E-state index < -0.39 is 0 Å². The Labute approximate surface area is 125 Å². The van der Waals surface area contributed by atoms with E-state index in [1.54, 1.807) is 12.1 Å². The number of aromatic nitrogens is 2. The summed E-state index contributed by atoms with van der Waals surface area (Å²) in [6.07, 6.45) is 5.40. The molecule has 1 atom stereocenters. The van der Waals surface area contributed by atoms with Crippen LogP contribution >= 0.6 is 0 Å². The number of nitrogens with zero attached hydrogens (tertiary/aromatic N) is 2. The Balaban J connectivity index is 1.67. The SMILES string of the molecule is CCc1cn[nH]c1C1CCCN(Cc2ccc(F)cc2)C1. The third kappa shape index (κ3) is 3.32. The minimum absolute atomic E-state index is 0.166. The molecule has 1 aliphatic heterocycles. The fourth-order valence-corrected chi connectivity index (χ4v) is 3.24. The molecule has 0 aliphatic carbocycles. The van der Waals surface area contributed by atoms with Gasteiger partial charge in [0.15, 0.2) is 0 Å². The molecule has 112 valence electrons. The smallest absolute Gasteiger partial charge is 0.123 e. The molecule has 2 aromatic rings. The van der Waals surface area contributed by atoms with Crippen molar-refractivity contribution in [1.29, 1.82) is 0 Å². The Morgan fingerprint density at radius 2 is 2.14 bits per heavy atom. The van der Waals surface area contributed by atoms with Gasteiger partial charge in [0, 0.05) is 24.7 Å². The van der Waals surface area contributed by atoms with E-state index in [4.69, 9.17) is 0 Å². The molecule has 1 N–H and O–H groups in total. The van der Waals surface area contributed by atoms with E-state index >= 15 is 0 Å². The van der Waals surface area contributed by atoms with Crippen molar-refractivity contribution in [3.63, 3.8) is 0 Å². The zero-order chi connectivity index (χ0) is 14.7. The Morgan fingerprint density at radius 3 is 2.90 bits per heavy atom. The topological polar surface area (TPSA) is 31.9 Å². The number of halogens is 1. The molecule has 1 aliphatic rings. The lowest BCUT2D eigenvalue weighted by Gasteiger charge is -2.32. The lowest BCUT2D eigenvalue weighted by molar-refractivity contribution is 0.198. The molecule has 2 heterocycles. The van der Waals surface area contributed by atoms with E-state index in [1.165, 1.54) is 29.7 Å². The van der Waals surface area contributed by atoms with Crippen LogP contribution in [0.15, 0.2) is 30.5 Å². The first-order chi connectivity index (χ1) is 10.3. The van der Waals surface area contributed by atoms with E-state index in [9.17, 15) is 4.39 Å². The molecule has 1 saturated heterocycles. The van der Waals surface area contributed by atoms with Crippen LogP contribution in [0.1, 0.15) is 42.5 Å². The van der Waals surface area contributed by atoms with Crippen LogP contribution in [0.5, 0.6) is 0 Å². The van der Waals surface area contributed by atoms with Gasteiger partial charge >= 0.3 is 0 Å². The fourth-order valence-electron chi connectivity index (χ4n) is 3.24. The zero-order valence-electron chi connectivity index (χ0n) is 12.5. The van der Waals surface area contributed by atoms with Gasteiger partial charge in [-0.3, -0.25) is 10.00 Å². The number of aryl methyl sites for hydroxylation is 1. The summed E-state index contributed by atoms with van der Waals surface area (Å²) in [5, 5.41) is 7.39. The van der Waals surface area contributed by atoms with Crippen LogP contribution in [0, 0.1) is 5.82 Å². The molecule has 3 nitrogen and oxygen atoms in total. The van der Waals surface area contributed by atoms with E-state index in [1.807, 2.05) is 18.3 Å². The quantitative estimate of drug-likeness (QED) is 0.933. The van der Waals surface area contributed by atoms with Gasteiger partial charge in [0.25, 0.3) is 0 Å². The van der Waals surface area contributed by atoms with Crippen LogP contribution in [-0.2, 0) is 13.0 Å². The van der Waals surface area contributed by atoms with Crippen LogP contribution in [0.3, 0.4) is 0 Å². The van der Waals surface area contributed by atoms with Gasteiger partial charge in [0.2, 0.25) is 0 Å². The van der Waals surface area contributed by atoms with Crippen LogP contribution in [0.4, 0.5) is 4.39 Å². The minimum Gasteiger partial charge on any atom is -0.298 e. The Kier molecular flexibility index (Phi) is 4.34. The Hall–Kier alpha value is -1.68. The van der Waals surface area contributed by atoms with Crippen molar-refractivity contribution in [2.75, 3.05) is 13.1 Å². The van der Waals surface area contributed by atoms with Crippen LogP contribution < -0.4 is 0 Å². The second-order valence-corrected chi connectivity index (χ2v) is 5.86. The van der Waals surface area contributed by atoms with Crippen LogP contribution in [-0.4, -0.2) is 28.2 Å². The maximum atomic E-state index is 13.0. The molecule has 0 amide bonds. The predicted molar refractivity (Wildman–Crippen MR) is 81.6 cm³/mol. The number of hydrogen-bond acceptors (Lipinski definition) is 2. The molecule has 3 rings (SSSR count). The average Bonchev–Trinajstić information content (AvgIpc) is 2.98. The van der Waals surface area contributed by atoms with Gasteiger partial charge in [-0.15, -0.1) is 0 Å². The van der Waals surface area contributed by atoms with Gasteiger partial charge in [0.1, 0.15) is 5.82 Å². The molecule has 0 spiro atoms. The summed E-state index contributed by atoms with van der Waals surface area (Å²) in [5.74, 6) is 0.372. The van der Waals surface area contributed by atoms with Crippen molar-refractivity contribution in [2.24, 2.45) is 0 Å². The molecular weight excluding hydrogens is 265 g/mol. The summed E-state index contributed by atoms with van der Waals surface area (Å²) in [6.45, 7) is 5.23. The molecule has 1 aromatic carbocycles. The minimum atomic E-state index is -0.166. The van der Waals surface area contributed by atoms with Gasteiger partial charge in [-0.25, -0.2) is 4.39 Å². The first-order valence-electron chi connectivity index (χ1n) is 7.75. The second-order valence-electron chi connectivity index (χ2n) is 5.86. The Morgan fingerprint density at radius 1 is 1.33 bits per heavy atom. The number of likely N-dealkylation sites (tertiary alicyclic amines) is 1. The number of piperidine rings is 1. The van der Waals surface area contributed by atoms with Gasteiger partial charge < -0.3 is 0 Å². The summed E-state index contributed by atoms with van der Waals surface area (Å²) in [4.78, 5) is 2.46. The first-order valence-corrected chi connectivity index (χ1v) is 7.75. The number of benzene rings is 1. The number of H-pyrrole nitrogens is 1. The summed E-state index contributed by atoms with van der Waals surface area (Å²) >= 11 is 0. The standard InChI is InChI=1S/C17H22FN3/c1-2-14-10-19-20-17(14)15-4-3-9-21(12-15)11-13-5-7-16(18)8-6-13/h5-8,10,15H,2-4,9,11-12H2,1H3,(H,19,20). The normalized spacial score (nSPS) is 19.8. The van der Waals surface area contributed by atoms with Gasteiger partial charge in [-0.1, -0.05) is 19.1 Å². The van der Waals surface area contributed by atoms with Crippen LogP contribution in [0.25, 0.3) is 0 Å². The highest BCUT2D eigenvalue weighted by molar-refractivity contribution is 5.22. The molecule has 0 saturated carbocycles. The summed E-state index contributed by atoms with van der Waals surface area (Å²) in [6, 6.07) is 6.85. The third-order valence-electron chi connectivity index (χ3n) is 4.37. The monoisotopic (exact) mass is 287 g/mol. The number of hydrogen-bond donors (Lipinski definition) is 1. The van der Waals surface area contributed by atoms with Crippen molar-refractivity contribution in [3.8, 4) is 0 Å². The zero-order valence-corrected chi connectivity index (χ0v) is 12.5. The molecule has 0 radical (unpaired) electrons. The van der Waals surface area contributed by atoms with Gasteiger partial charge in [-0.2, -0.15) is 5.10 Å². The van der Waals surface area contributed by atoms with Gasteiger partial charge in [-0.05, 0) is 49.1 Å². The molecule has 0 bridgehead atoms. The highest BCUT2D eigenvalue weighted by Crippen LogP contribution is 2.28. The van der Waals surface area contributed by atoms with E-state index in [0.717, 1.165) is 26.1 Å². The molecule has 4 heteroatoms. The van der Waals surface area contributed by atoms with Gasteiger partial charge in [0.05, 0.1) is 6.20 Å². The van der Waals surface area contributed by atoms with Crippen LogP contribution in [0.2, 0.25) is 0 Å². The Bertz CT molecular complexity index is 576. The number of aromatic amines is 1. The maximum absolute atomic E-state index is 13.0. The molecule has 1 aromatic heterocycles. The average molecular weight is 287 g/mol. The number of nitrogens with one attached hydrogen (secondary N) is 1. The lowest BCUT2D eigenvalue weighted by atomic mass is 9.92. The first kappa shape index (κ1) is 14.3. The lowest BCUT2D eigenvalue weighted by Crippen LogP contribution is -2.34. The van der Waals surface area contributed by atoms with E-state index in [-0.39, 0.29) is 5.82 Å². The fraction of sp³-hybridized carbons (Fsp3) is 0.471. The maximum Gasteiger partial charge on any atom is 0.123 e. The molecule has 1 unspecified atom stereocenters. The summed E-state index contributed by atoms with van der Waals surface area (Å²) < 4.78 is 13.0. The molecule has 21 heavy (non-hydrogen) atoms. The van der Waals surface area contributed by atoms with Crippen molar-refractivity contribution < 1.29 is 4.39 Å². The highest BCUT2D eigenvalue weighted by Gasteiger charge is 2.24. The largest absolute Gasteiger partial charge is 0.298 e. The molecule has 1 fully saturated rings. The van der Waals surface area contributed by atoms with E-state index in [0.29, 0.717) is 5.92 Å². The third-order valence-corrected chi connectivity index (χ3v) is 4.37. The predicted octanol–water partition coefficient (Wildman–Crippen LogP) is 3.49. The van der Waals surface area contributed by atoms with Crippen molar-refractivity contribution in [1.82, 2.24) is 15.1 Å². The highest BCUT2D eigenvalue weighted by atomic mass is 19.1. The van der Waals surface area contributed by atoms with E-state index in [2.05, 4.69) is 22.0 Å². The summed E-state index contributed by atoms with van der Waals surface area (Å²) in [7, 11) is 0. The van der Waals surface area contributed by atoms with Crippen molar-refractivity contribution >= 4 is 0 Å². The molecular formula is C17H22FN3. The van der Waals surface area contributed by atoms with Crippen molar-refractivity contribution in [2.45, 2.75) is 38.6 Å².